The van der Waals surface area contributed by atoms with Crippen LogP contribution in [-0.4, -0.2) is 36.8 Å². The van der Waals surface area contributed by atoms with Gasteiger partial charge in [0.2, 0.25) is 0 Å². The number of fused-ring (bicyclic) bond motifs is 1. The molecule has 0 bridgehead atoms. The lowest BCUT2D eigenvalue weighted by Gasteiger charge is -2.11. The number of imidazole rings is 1. The maximum absolute atomic E-state index is 4.68. The molecule has 0 atom stereocenters. The molecule has 2 aromatic carbocycles. The molecule has 2 N–H and O–H groups in total. The van der Waals surface area contributed by atoms with Crippen LogP contribution < -0.4 is 10.6 Å². The highest BCUT2D eigenvalue weighted by molar-refractivity contribution is 5.79. The molecule has 2 heterocycles. The lowest BCUT2D eigenvalue weighted by atomic mass is 10.1. The van der Waals surface area contributed by atoms with Crippen molar-refractivity contribution >= 4 is 17.0 Å². The smallest absolute Gasteiger partial charge is 0.191 e. The first-order valence-electron chi connectivity index (χ1n) is 10.1. The van der Waals surface area contributed by atoms with Crippen LogP contribution in [0.15, 0.2) is 66.2 Å². The van der Waals surface area contributed by atoms with Gasteiger partial charge in [-0.25, -0.2) is 15.0 Å². The summed E-state index contributed by atoms with van der Waals surface area (Å²) in [5.41, 5.74) is 4.56. The average Bonchev–Trinajstić information content (AvgIpc) is 3.37. The molecule has 0 radical (unpaired) electrons. The fraction of sp³-hybridized carbons (Fsp3) is 0.273. The second kappa shape index (κ2) is 9.21. The van der Waals surface area contributed by atoms with E-state index in [2.05, 4.69) is 65.6 Å². The number of aromatic nitrogens is 5. The summed E-state index contributed by atoms with van der Waals surface area (Å²) in [6, 6.07) is 16.8. The molecule has 0 amide bonds. The fourth-order valence-corrected chi connectivity index (χ4v) is 3.24. The number of nitrogens with zero attached hydrogens (tertiary/aromatic N) is 6. The maximum Gasteiger partial charge on any atom is 0.191 e. The summed E-state index contributed by atoms with van der Waals surface area (Å²) in [5, 5.41) is 10.6. The van der Waals surface area contributed by atoms with Gasteiger partial charge in [0, 0.05) is 20.1 Å². The zero-order valence-corrected chi connectivity index (χ0v) is 17.3. The van der Waals surface area contributed by atoms with Gasteiger partial charge in [-0.2, -0.15) is 5.10 Å². The van der Waals surface area contributed by atoms with Gasteiger partial charge < -0.3 is 15.2 Å². The zero-order valence-electron chi connectivity index (χ0n) is 17.3. The van der Waals surface area contributed by atoms with Gasteiger partial charge in [0.05, 0.1) is 30.5 Å². The normalized spacial score (nSPS) is 11.7. The molecule has 0 fully saturated rings. The first-order valence-corrected chi connectivity index (χ1v) is 10.1. The minimum atomic E-state index is 0.570. The van der Waals surface area contributed by atoms with Crippen molar-refractivity contribution in [3.05, 3.63) is 78.1 Å². The van der Waals surface area contributed by atoms with Crippen LogP contribution in [0.3, 0.4) is 0 Å². The molecular weight excluding hydrogens is 376 g/mol. The summed E-state index contributed by atoms with van der Waals surface area (Å²) < 4.78 is 3.92. The highest BCUT2D eigenvalue weighted by Gasteiger charge is 2.04. The Bertz CT molecular complexity index is 1120. The Kier molecular flexibility index (Phi) is 6.03. The first kappa shape index (κ1) is 19.6. The van der Waals surface area contributed by atoms with Crippen LogP contribution >= 0.6 is 0 Å². The minimum Gasteiger partial charge on any atom is -0.357 e. The van der Waals surface area contributed by atoms with Crippen molar-refractivity contribution in [1.82, 2.24) is 34.9 Å². The summed E-state index contributed by atoms with van der Waals surface area (Å²) in [5.74, 6) is 1.62. The Hall–Kier alpha value is -3.68. The molecule has 0 aliphatic heterocycles. The highest BCUT2D eigenvalue weighted by atomic mass is 15.3. The van der Waals surface area contributed by atoms with Crippen molar-refractivity contribution < 1.29 is 0 Å². The van der Waals surface area contributed by atoms with E-state index >= 15 is 0 Å². The molecule has 0 aliphatic carbocycles. The van der Waals surface area contributed by atoms with Crippen LogP contribution in [0.4, 0.5) is 0 Å². The van der Waals surface area contributed by atoms with E-state index in [9.17, 15) is 0 Å². The van der Waals surface area contributed by atoms with E-state index in [1.165, 1.54) is 5.56 Å². The topological polar surface area (TPSA) is 84.9 Å². The van der Waals surface area contributed by atoms with Crippen molar-refractivity contribution in [1.29, 1.82) is 0 Å². The van der Waals surface area contributed by atoms with Crippen LogP contribution in [0.1, 0.15) is 23.9 Å². The van der Waals surface area contributed by atoms with Crippen LogP contribution in [0.25, 0.3) is 11.0 Å². The van der Waals surface area contributed by atoms with Crippen molar-refractivity contribution in [3.8, 4) is 0 Å². The third kappa shape index (κ3) is 4.65. The van der Waals surface area contributed by atoms with E-state index in [0.29, 0.717) is 13.1 Å². The third-order valence-electron chi connectivity index (χ3n) is 4.89. The third-order valence-corrected chi connectivity index (χ3v) is 4.89. The molecule has 0 spiro atoms. The molecular formula is C22H26N8. The lowest BCUT2D eigenvalue weighted by Crippen LogP contribution is -2.37. The van der Waals surface area contributed by atoms with Crippen LogP contribution in [0.5, 0.6) is 0 Å². The van der Waals surface area contributed by atoms with Crippen LogP contribution in [0, 0.1) is 0 Å². The molecule has 8 nitrogen and oxygen atoms in total. The highest BCUT2D eigenvalue weighted by Crippen LogP contribution is 2.14. The molecule has 4 aromatic rings. The largest absolute Gasteiger partial charge is 0.357 e. The van der Waals surface area contributed by atoms with Crippen molar-refractivity contribution in [3.63, 3.8) is 0 Å². The Labute approximate surface area is 175 Å². The Balaban J connectivity index is 1.38. The predicted molar refractivity (Wildman–Crippen MR) is 118 cm³/mol. The molecule has 0 aliphatic rings. The summed E-state index contributed by atoms with van der Waals surface area (Å²) in [6.07, 6.45) is 3.45. The summed E-state index contributed by atoms with van der Waals surface area (Å²) in [4.78, 5) is 13.4. The first-order chi connectivity index (χ1) is 14.7. The zero-order chi connectivity index (χ0) is 20.8. The van der Waals surface area contributed by atoms with Crippen molar-refractivity contribution in [2.45, 2.75) is 26.6 Å². The van der Waals surface area contributed by atoms with E-state index in [0.717, 1.165) is 41.5 Å². The summed E-state index contributed by atoms with van der Waals surface area (Å²) >= 11 is 0. The molecule has 0 saturated heterocycles. The lowest BCUT2D eigenvalue weighted by molar-refractivity contribution is 0.673. The van der Waals surface area contributed by atoms with E-state index < -0.39 is 0 Å². The molecule has 2 aromatic heterocycles. The van der Waals surface area contributed by atoms with Gasteiger partial charge in [0.25, 0.3) is 0 Å². The molecule has 30 heavy (non-hydrogen) atoms. The Morgan fingerprint density at radius 2 is 1.80 bits per heavy atom. The van der Waals surface area contributed by atoms with Gasteiger partial charge >= 0.3 is 0 Å². The number of nitrogens with one attached hydrogen (secondary N) is 2. The SMILES string of the molecule is CCNC(=NCc1ccc(Cn2cnc3ccccc32)cc1)NCc1ncnn1C. The predicted octanol–water partition coefficient (Wildman–Crippen LogP) is 2.47. The van der Waals surface area contributed by atoms with E-state index in [1.807, 2.05) is 38.5 Å². The van der Waals surface area contributed by atoms with E-state index in [-0.39, 0.29) is 0 Å². The number of para-hydroxylation sites is 2. The fourth-order valence-electron chi connectivity index (χ4n) is 3.24. The number of benzene rings is 2. The van der Waals surface area contributed by atoms with E-state index in [1.54, 1.807) is 11.0 Å². The number of guanidine groups is 1. The van der Waals surface area contributed by atoms with Crippen molar-refractivity contribution in [2.24, 2.45) is 12.0 Å². The Morgan fingerprint density at radius 3 is 2.57 bits per heavy atom. The molecule has 154 valence electrons. The number of hydrogen-bond acceptors (Lipinski definition) is 4. The number of aliphatic imine (C=N–C) groups is 1. The van der Waals surface area contributed by atoms with Gasteiger partial charge in [-0.15, -0.1) is 0 Å². The van der Waals surface area contributed by atoms with Gasteiger partial charge in [-0.1, -0.05) is 36.4 Å². The van der Waals surface area contributed by atoms with Gasteiger partial charge in [0.15, 0.2) is 5.96 Å². The van der Waals surface area contributed by atoms with Crippen molar-refractivity contribution in [2.75, 3.05) is 6.54 Å². The second-order valence-electron chi connectivity index (χ2n) is 7.03. The van der Waals surface area contributed by atoms with Gasteiger partial charge in [-0.3, -0.25) is 4.68 Å². The number of aryl methyl sites for hydroxylation is 1. The number of hydrogen-bond donors (Lipinski definition) is 2. The van der Waals surface area contributed by atoms with E-state index in [4.69, 9.17) is 0 Å². The molecule has 4 rings (SSSR count). The van der Waals surface area contributed by atoms with Gasteiger partial charge in [0.1, 0.15) is 12.2 Å². The second-order valence-corrected chi connectivity index (χ2v) is 7.03. The van der Waals surface area contributed by atoms with Crippen LogP contribution in [-0.2, 0) is 26.7 Å². The summed E-state index contributed by atoms with van der Waals surface area (Å²) in [7, 11) is 1.88. The quantitative estimate of drug-likeness (QED) is 0.366. The summed E-state index contributed by atoms with van der Waals surface area (Å²) in [6.45, 7) is 4.81. The maximum atomic E-state index is 4.68. The van der Waals surface area contributed by atoms with Crippen LogP contribution in [0.2, 0.25) is 0 Å². The Morgan fingerprint density at radius 1 is 1.00 bits per heavy atom. The molecule has 0 unspecified atom stereocenters. The number of rotatable bonds is 7. The average molecular weight is 403 g/mol. The minimum absolute atomic E-state index is 0.570. The standard InChI is InChI=1S/C22H26N8/c1-3-23-22(25-13-21-26-15-28-29(21)2)24-12-17-8-10-18(11-9-17)14-30-16-27-19-6-4-5-7-20(19)30/h4-11,15-16H,3,12-14H2,1-2H3,(H2,23,24,25). The molecule has 0 saturated carbocycles. The van der Waals surface area contributed by atoms with Gasteiger partial charge in [-0.05, 0) is 30.2 Å². The monoisotopic (exact) mass is 402 g/mol. The molecule has 8 heteroatoms.